The van der Waals surface area contributed by atoms with Gasteiger partial charge in [-0.1, -0.05) is 18.2 Å². The van der Waals surface area contributed by atoms with Crippen LogP contribution in [0.3, 0.4) is 0 Å². The number of rotatable bonds is 2. The third kappa shape index (κ3) is 1.87. The fourth-order valence-corrected chi connectivity index (χ4v) is 1.29. The van der Waals surface area contributed by atoms with Crippen LogP contribution in [-0.4, -0.2) is 9.78 Å². The van der Waals surface area contributed by atoms with Gasteiger partial charge >= 0.3 is 0 Å². The number of benzene rings is 1. The maximum absolute atomic E-state index is 8.66. The average molecular weight is 198 g/mol. The van der Waals surface area contributed by atoms with E-state index in [4.69, 9.17) is 11.0 Å². The molecule has 74 valence electrons. The van der Waals surface area contributed by atoms with E-state index >= 15 is 0 Å². The monoisotopic (exact) mass is 198 g/mol. The lowest BCUT2D eigenvalue weighted by Crippen LogP contribution is -2.05. The summed E-state index contributed by atoms with van der Waals surface area (Å²) >= 11 is 0. The molecule has 1 atom stereocenters. The summed E-state index contributed by atoms with van der Waals surface area (Å²) in [5, 5.41) is 12.8. The first-order valence-corrected chi connectivity index (χ1v) is 4.56. The van der Waals surface area contributed by atoms with Crippen molar-refractivity contribution in [1.82, 2.24) is 9.78 Å². The van der Waals surface area contributed by atoms with Gasteiger partial charge in [-0.3, -0.25) is 0 Å². The number of hydrogen-bond acceptors (Lipinski definition) is 3. The molecule has 4 nitrogen and oxygen atoms in total. The highest BCUT2D eigenvalue weighted by molar-refractivity contribution is 5.32. The van der Waals surface area contributed by atoms with Crippen molar-refractivity contribution >= 4 is 0 Å². The molecule has 0 radical (unpaired) electrons. The highest BCUT2D eigenvalue weighted by Gasteiger charge is 2.07. The van der Waals surface area contributed by atoms with E-state index < -0.39 is 6.04 Å². The molecule has 0 aliphatic carbocycles. The summed E-state index contributed by atoms with van der Waals surface area (Å²) in [6, 6.07) is 11.0. The zero-order valence-electron chi connectivity index (χ0n) is 8.04. The van der Waals surface area contributed by atoms with Crippen LogP contribution in [0.2, 0.25) is 0 Å². The van der Waals surface area contributed by atoms with E-state index in [0.717, 1.165) is 11.3 Å². The topological polar surface area (TPSA) is 67.6 Å². The Hall–Kier alpha value is -2.12. The average Bonchev–Trinajstić information content (AvgIpc) is 2.78. The molecule has 0 amide bonds. The molecular formula is C11H10N4. The molecule has 2 rings (SSSR count). The van der Waals surface area contributed by atoms with Gasteiger partial charge < -0.3 is 5.73 Å². The fraction of sp³-hybridized carbons (Fsp3) is 0.0909. The molecule has 0 spiro atoms. The molecule has 2 aromatic rings. The molecule has 1 aromatic heterocycles. The van der Waals surface area contributed by atoms with Crippen LogP contribution in [0, 0.1) is 11.3 Å². The summed E-state index contributed by atoms with van der Waals surface area (Å²) < 4.78 is 1.70. The van der Waals surface area contributed by atoms with Crippen LogP contribution in [0.15, 0.2) is 42.7 Å². The van der Waals surface area contributed by atoms with Crippen molar-refractivity contribution in [1.29, 1.82) is 5.26 Å². The van der Waals surface area contributed by atoms with E-state index in [1.54, 1.807) is 17.1 Å². The summed E-state index contributed by atoms with van der Waals surface area (Å²) in [5.41, 5.74) is 7.25. The van der Waals surface area contributed by atoms with Gasteiger partial charge in [0.15, 0.2) is 0 Å². The molecule has 15 heavy (non-hydrogen) atoms. The quantitative estimate of drug-likeness (QED) is 0.793. The van der Waals surface area contributed by atoms with Crippen LogP contribution in [0.4, 0.5) is 0 Å². The molecule has 0 fully saturated rings. The van der Waals surface area contributed by atoms with Crippen molar-refractivity contribution in [2.45, 2.75) is 6.04 Å². The smallest absolute Gasteiger partial charge is 0.121 e. The summed E-state index contributed by atoms with van der Waals surface area (Å²) in [5.74, 6) is 0. The number of nitrogens with zero attached hydrogens (tertiary/aromatic N) is 3. The van der Waals surface area contributed by atoms with Gasteiger partial charge in [-0.05, 0) is 12.1 Å². The van der Waals surface area contributed by atoms with Crippen molar-refractivity contribution < 1.29 is 0 Å². The van der Waals surface area contributed by atoms with Gasteiger partial charge in [0.25, 0.3) is 0 Å². The first-order valence-electron chi connectivity index (χ1n) is 4.56. The Morgan fingerprint density at radius 3 is 2.73 bits per heavy atom. The first-order chi connectivity index (χ1) is 7.31. The number of nitriles is 1. The number of hydrogen-bond donors (Lipinski definition) is 1. The summed E-state index contributed by atoms with van der Waals surface area (Å²) in [6.07, 6.45) is 3.38. The molecule has 4 heteroatoms. The third-order valence-electron chi connectivity index (χ3n) is 2.12. The zero-order chi connectivity index (χ0) is 10.7. The van der Waals surface area contributed by atoms with Gasteiger partial charge in [0, 0.05) is 11.8 Å². The van der Waals surface area contributed by atoms with E-state index in [2.05, 4.69) is 5.10 Å². The fourth-order valence-electron chi connectivity index (χ4n) is 1.29. The Bertz CT molecular complexity index is 481. The van der Waals surface area contributed by atoms with Gasteiger partial charge in [0.05, 0.1) is 18.0 Å². The summed E-state index contributed by atoms with van der Waals surface area (Å²) in [6.45, 7) is 0. The van der Waals surface area contributed by atoms with Crippen molar-refractivity contribution in [3.63, 3.8) is 0 Å². The highest BCUT2D eigenvalue weighted by Crippen LogP contribution is 2.11. The van der Waals surface area contributed by atoms with Crippen LogP contribution in [0.25, 0.3) is 5.69 Å². The Morgan fingerprint density at radius 1 is 1.33 bits per heavy atom. The Balaban J connectivity index is 2.33. The van der Waals surface area contributed by atoms with E-state index in [9.17, 15) is 0 Å². The second-order valence-electron chi connectivity index (χ2n) is 3.16. The van der Waals surface area contributed by atoms with E-state index in [1.165, 1.54) is 0 Å². The second kappa shape index (κ2) is 3.95. The number of aromatic nitrogens is 2. The minimum Gasteiger partial charge on any atom is -0.312 e. The van der Waals surface area contributed by atoms with Gasteiger partial charge in [-0.2, -0.15) is 10.4 Å². The summed E-state index contributed by atoms with van der Waals surface area (Å²) in [7, 11) is 0. The van der Waals surface area contributed by atoms with E-state index in [-0.39, 0.29) is 0 Å². The van der Waals surface area contributed by atoms with Crippen LogP contribution >= 0.6 is 0 Å². The normalized spacial score (nSPS) is 12.0. The lowest BCUT2D eigenvalue weighted by atomic mass is 10.2. The third-order valence-corrected chi connectivity index (χ3v) is 2.12. The molecular weight excluding hydrogens is 188 g/mol. The second-order valence-corrected chi connectivity index (χ2v) is 3.16. The molecule has 0 saturated heterocycles. The van der Waals surface area contributed by atoms with E-state index in [0.29, 0.717) is 0 Å². The highest BCUT2D eigenvalue weighted by atomic mass is 15.3. The molecule has 1 aromatic carbocycles. The van der Waals surface area contributed by atoms with Crippen molar-refractivity contribution in [2.75, 3.05) is 0 Å². The SMILES string of the molecule is N#C[C@H](N)c1cnn(-c2ccccc2)c1. The van der Waals surface area contributed by atoms with Gasteiger partial charge in [0.1, 0.15) is 6.04 Å². The molecule has 0 aliphatic rings. The van der Waals surface area contributed by atoms with Crippen LogP contribution in [0.1, 0.15) is 11.6 Å². The Morgan fingerprint density at radius 2 is 2.07 bits per heavy atom. The maximum atomic E-state index is 8.66. The number of para-hydroxylation sites is 1. The van der Waals surface area contributed by atoms with Crippen molar-refractivity contribution in [2.24, 2.45) is 5.73 Å². The van der Waals surface area contributed by atoms with Crippen molar-refractivity contribution in [3.8, 4) is 11.8 Å². The molecule has 0 saturated carbocycles. The van der Waals surface area contributed by atoms with Crippen LogP contribution in [-0.2, 0) is 0 Å². The predicted molar refractivity (Wildman–Crippen MR) is 56.1 cm³/mol. The van der Waals surface area contributed by atoms with Gasteiger partial charge in [0.2, 0.25) is 0 Å². The Kier molecular flexibility index (Phi) is 2.48. The van der Waals surface area contributed by atoms with Gasteiger partial charge in [-0.15, -0.1) is 0 Å². The first kappa shape index (κ1) is 9.44. The van der Waals surface area contributed by atoms with Crippen LogP contribution in [0.5, 0.6) is 0 Å². The lowest BCUT2D eigenvalue weighted by molar-refractivity contribution is 0.876. The maximum Gasteiger partial charge on any atom is 0.121 e. The summed E-state index contributed by atoms with van der Waals surface area (Å²) in [4.78, 5) is 0. The Labute approximate surface area is 87.6 Å². The molecule has 0 unspecified atom stereocenters. The molecule has 1 heterocycles. The minimum atomic E-state index is -0.609. The predicted octanol–water partition coefficient (Wildman–Crippen LogP) is 1.40. The zero-order valence-corrected chi connectivity index (χ0v) is 8.04. The van der Waals surface area contributed by atoms with Crippen LogP contribution < -0.4 is 5.73 Å². The molecule has 0 bridgehead atoms. The molecule has 0 aliphatic heterocycles. The lowest BCUT2D eigenvalue weighted by Gasteiger charge is -1.99. The van der Waals surface area contributed by atoms with Gasteiger partial charge in [-0.25, -0.2) is 4.68 Å². The standard InChI is InChI=1S/C11H10N4/c12-6-11(13)9-7-14-15(8-9)10-4-2-1-3-5-10/h1-5,7-8,11H,13H2/t11-/m0/s1. The number of nitrogens with two attached hydrogens (primary N) is 1. The minimum absolute atomic E-state index is 0.609. The van der Waals surface area contributed by atoms with E-state index in [1.807, 2.05) is 36.4 Å². The van der Waals surface area contributed by atoms with Crippen molar-refractivity contribution in [3.05, 3.63) is 48.3 Å². The largest absolute Gasteiger partial charge is 0.312 e. The molecule has 2 N–H and O–H groups in total.